The number of carbonyl (C=O) groups excluding carboxylic acids is 1. The van der Waals surface area contributed by atoms with Gasteiger partial charge in [-0.3, -0.25) is 9.36 Å². The Labute approximate surface area is 231 Å². The Morgan fingerprint density at radius 2 is 1.92 bits per heavy atom. The van der Waals surface area contributed by atoms with Gasteiger partial charge in [-0.25, -0.2) is 9.79 Å². The van der Waals surface area contributed by atoms with E-state index in [0.717, 1.165) is 5.56 Å². The van der Waals surface area contributed by atoms with Gasteiger partial charge in [-0.05, 0) is 61.9 Å². The standard InChI is InChI=1S/C28H22Cl2N2O5S/c1-4-36-27(34)24-15(2)31-28-32(25(24)16-5-8-18(35-3)9-6-16)26(33)23(38-28)14-19-10-12-22(37-19)20-13-17(29)7-11-21(20)30/h5-14,25H,4H2,1-3H3/b23-14+. The minimum Gasteiger partial charge on any atom is -0.497 e. The second-order valence-corrected chi connectivity index (χ2v) is 10.3. The van der Waals surface area contributed by atoms with Gasteiger partial charge in [0.2, 0.25) is 0 Å². The lowest BCUT2D eigenvalue weighted by Gasteiger charge is -2.24. The first-order chi connectivity index (χ1) is 18.3. The zero-order valence-corrected chi connectivity index (χ0v) is 23.0. The predicted molar refractivity (Wildman–Crippen MR) is 148 cm³/mol. The summed E-state index contributed by atoms with van der Waals surface area (Å²) in [5, 5.41) is 1.03. The van der Waals surface area contributed by atoms with E-state index in [0.29, 0.717) is 53.5 Å². The van der Waals surface area contributed by atoms with Gasteiger partial charge in [0.25, 0.3) is 5.56 Å². The average molecular weight is 569 g/mol. The van der Waals surface area contributed by atoms with E-state index in [1.807, 2.05) is 12.1 Å². The van der Waals surface area contributed by atoms with Crippen molar-refractivity contribution < 1.29 is 18.7 Å². The maximum absolute atomic E-state index is 13.7. The van der Waals surface area contributed by atoms with Crippen LogP contribution in [0.15, 0.2) is 80.1 Å². The Bertz CT molecular complexity index is 1750. The maximum atomic E-state index is 13.7. The molecular formula is C28H22Cl2N2O5S. The highest BCUT2D eigenvalue weighted by atomic mass is 35.5. The molecule has 38 heavy (non-hydrogen) atoms. The van der Waals surface area contributed by atoms with Crippen LogP contribution in [0.5, 0.6) is 5.75 Å². The van der Waals surface area contributed by atoms with Crippen molar-refractivity contribution in [3.63, 3.8) is 0 Å². The number of allylic oxidation sites excluding steroid dienone is 1. The molecule has 0 N–H and O–H groups in total. The lowest BCUT2D eigenvalue weighted by atomic mass is 9.96. The normalized spacial score (nSPS) is 15.3. The van der Waals surface area contributed by atoms with Gasteiger partial charge in [-0.2, -0.15) is 0 Å². The molecule has 5 rings (SSSR count). The molecule has 1 aliphatic heterocycles. The van der Waals surface area contributed by atoms with E-state index in [2.05, 4.69) is 4.99 Å². The second-order valence-electron chi connectivity index (χ2n) is 8.40. The maximum Gasteiger partial charge on any atom is 0.338 e. The fourth-order valence-electron chi connectivity index (χ4n) is 4.28. The minimum absolute atomic E-state index is 0.201. The van der Waals surface area contributed by atoms with Crippen molar-refractivity contribution in [3.05, 3.63) is 107 Å². The Hall–Kier alpha value is -3.59. The molecule has 0 aliphatic carbocycles. The highest BCUT2D eigenvalue weighted by molar-refractivity contribution is 7.07. The van der Waals surface area contributed by atoms with Gasteiger partial charge in [-0.15, -0.1) is 0 Å². The molecule has 4 aromatic rings. The highest BCUT2D eigenvalue weighted by Gasteiger charge is 2.33. The molecule has 1 atom stereocenters. The Kier molecular flexibility index (Phi) is 7.29. The van der Waals surface area contributed by atoms with Crippen LogP contribution >= 0.6 is 34.5 Å². The summed E-state index contributed by atoms with van der Waals surface area (Å²) in [6, 6.07) is 15.1. The Morgan fingerprint density at radius 1 is 1.16 bits per heavy atom. The summed E-state index contributed by atoms with van der Waals surface area (Å²) in [6.07, 6.45) is 1.65. The number of methoxy groups -OCH3 is 1. The van der Waals surface area contributed by atoms with E-state index in [4.69, 9.17) is 37.1 Å². The van der Waals surface area contributed by atoms with Gasteiger partial charge in [-0.1, -0.05) is 46.7 Å². The molecule has 0 radical (unpaired) electrons. The number of thiazole rings is 1. The first-order valence-electron chi connectivity index (χ1n) is 11.7. The van der Waals surface area contributed by atoms with Crippen LogP contribution in [-0.4, -0.2) is 24.3 Å². The van der Waals surface area contributed by atoms with Crippen LogP contribution < -0.4 is 19.6 Å². The molecule has 7 nitrogen and oxygen atoms in total. The van der Waals surface area contributed by atoms with Crippen molar-refractivity contribution in [3.8, 4) is 17.1 Å². The van der Waals surface area contributed by atoms with Gasteiger partial charge < -0.3 is 13.9 Å². The van der Waals surface area contributed by atoms with Crippen molar-refractivity contribution in [1.82, 2.24) is 4.57 Å². The minimum atomic E-state index is -0.712. The number of esters is 1. The Morgan fingerprint density at radius 3 is 2.63 bits per heavy atom. The van der Waals surface area contributed by atoms with Crippen LogP contribution in [0, 0.1) is 0 Å². The monoisotopic (exact) mass is 568 g/mol. The van der Waals surface area contributed by atoms with Gasteiger partial charge in [0.15, 0.2) is 4.80 Å². The molecular weight excluding hydrogens is 547 g/mol. The van der Waals surface area contributed by atoms with Crippen LogP contribution in [-0.2, 0) is 9.53 Å². The number of rotatable bonds is 6. The lowest BCUT2D eigenvalue weighted by Crippen LogP contribution is -2.39. The number of benzene rings is 2. The molecule has 0 amide bonds. The number of fused-ring (bicyclic) bond motifs is 1. The third-order valence-electron chi connectivity index (χ3n) is 6.04. The van der Waals surface area contributed by atoms with Crippen molar-refractivity contribution in [2.75, 3.05) is 13.7 Å². The number of ether oxygens (including phenoxy) is 2. The summed E-state index contributed by atoms with van der Waals surface area (Å²) in [6.45, 7) is 3.68. The lowest BCUT2D eigenvalue weighted by molar-refractivity contribution is -0.139. The second kappa shape index (κ2) is 10.6. The molecule has 0 fully saturated rings. The molecule has 10 heteroatoms. The molecule has 1 unspecified atom stereocenters. The summed E-state index contributed by atoms with van der Waals surface area (Å²) in [5.41, 5.74) is 1.88. The molecule has 0 saturated carbocycles. The molecule has 0 bridgehead atoms. The van der Waals surface area contributed by atoms with Crippen molar-refractivity contribution >= 4 is 46.6 Å². The summed E-state index contributed by atoms with van der Waals surface area (Å²) in [5.74, 6) is 1.13. The molecule has 0 saturated heterocycles. The quantitative estimate of drug-likeness (QED) is 0.292. The van der Waals surface area contributed by atoms with Crippen LogP contribution in [0.3, 0.4) is 0 Å². The predicted octanol–water partition coefficient (Wildman–Crippen LogP) is 5.37. The summed E-state index contributed by atoms with van der Waals surface area (Å²) >= 11 is 13.7. The SMILES string of the molecule is CCOC(=O)C1=C(C)N=c2s/c(=C/c3ccc(-c4cc(Cl)ccc4Cl)o3)c(=O)n2C1c1ccc(OC)cc1. The van der Waals surface area contributed by atoms with E-state index >= 15 is 0 Å². The molecule has 194 valence electrons. The van der Waals surface area contributed by atoms with Crippen molar-refractivity contribution in [1.29, 1.82) is 0 Å². The van der Waals surface area contributed by atoms with Crippen molar-refractivity contribution in [2.24, 2.45) is 4.99 Å². The topological polar surface area (TPSA) is 83.0 Å². The van der Waals surface area contributed by atoms with E-state index in [9.17, 15) is 9.59 Å². The Balaban J connectivity index is 1.64. The van der Waals surface area contributed by atoms with Gasteiger partial charge >= 0.3 is 5.97 Å². The van der Waals surface area contributed by atoms with Gasteiger partial charge in [0.05, 0.1) is 40.6 Å². The molecule has 0 spiro atoms. The molecule has 1 aliphatic rings. The zero-order chi connectivity index (χ0) is 27.0. The average Bonchev–Trinajstić information content (AvgIpc) is 3.49. The fraction of sp³-hybridized carbons (Fsp3) is 0.179. The van der Waals surface area contributed by atoms with Gasteiger partial charge in [0.1, 0.15) is 17.3 Å². The summed E-state index contributed by atoms with van der Waals surface area (Å²) in [7, 11) is 1.58. The fourth-order valence-corrected chi connectivity index (χ4v) is 5.69. The van der Waals surface area contributed by atoms with Crippen LogP contribution in [0.1, 0.15) is 31.2 Å². The number of hydrogen-bond donors (Lipinski definition) is 0. The number of nitrogens with zero attached hydrogens (tertiary/aromatic N) is 2. The highest BCUT2D eigenvalue weighted by Crippen LogP contribution is 2.33. The zero-order valence-electron chi connectivity index (χ0n) is 20.7. The number of furan rings is 1. The van der Waals surface area contributed by atoms with Crippen molar-refractivity contribution in [2.45, 2.75) is 19.9 Å². The third kappa shape index (κ3) is 4.82. The number of aromatic nitrogens is 1. The number of hydrogen-bond acceptors (Lipinski definition) is 7. The summed E-state index contributed by atoms with van der Waals surface area (Å²) in [4.78, 5) is 31.8. The number of carbonyl (C=O) groups is 1. The first kappa shape index (κ1) is 26.0. The van der Waals surface area contributed by atoms with Crippen LogP contribution in [0.4, 0.5) is 0 Å². The number of halogens is 2. The van der Waals surface area contributed by atoms with Crippen LogP contribution in [0.2, 0.25) is 10.0 Å². The smallest absolute Gasteiger partial charge is 0.338 e. The van der Waals surface area contributed by atoms with E-state index in [1.165, 1.54) is 15.9 Å². The van der Waals surface area contributed by atoms with E-state index in [1.54, 1.807) is 69.5 Å². The largest absolute Gasteiger partial charge is 0.497 e. The van der Waals surface area contributed by atoms with Gasteiger partial charge in [0, 0.05) is 16.7 Å². The van der Waals surface area contributed by atoms with E-state index in [-0.39, 0.29) is 12.2 Å². The van der Waals surface area contributed by atoms with Crippen LogP contribution in [0.25, 0.3) is 17.4 Å². The summed E-state index contributed by atoms with van der Waals surface area (Å²) < 4.78 is 18.5. The third-order valence-corrected chi connectivity index (χ3v) is 7.59. The molecule has 2 aromatic carbocycles. The first-order valence-corrected chi connectivity index (χ1v) is 13.3. The molecule has 2 aromatic heterocycles. The van der Waals surface area contributed by atoms with E-state index < -0.39 is 12.0 Å². The molecule has 3 heterocycles.